The van der Waals surface area contributed by atoms with Crippen LogP contribution in [0.5, 0.6) is 11.5 Å². The van der Waals surface area contributed by atoms with E-state index in [1.165, 1.54) is 40.9 Å². The fraction of sp³-hybridized carbons (Fsp3) is 0.333. The maximum Gasteiger partial charge on any atom is 0.311 e. The molecule has 0 saturated carbocycles. The Morgan fingerprint density at radius 2 is 1.97 bits per heavy atom. The van der Waals surface area contributed by atoms with Crippen LogP contribution >= 0.6 is 22.9 Å². The summed E-state index contributed by atoms with van der Waals surface area (Å²) in [5.41, 5.74) is 1.37. The Morgan fingerprint density at radius 1 is 1.22 bits per heavy atom. The molecule has 0 radical (unpaired) electrons. The lowest BCUT2D eigenvalue weighted by molar-refractivity contribution is -0.149. The SMILES string of the molecule is COc1cc(OC)c(N2C[C@H](C(=O)OCc3cc(=O)n4c(C)csc4n3)CC2=O)cc1Cl. The number of hydrogen-bond donors (Lipinski definition) is 0. The molecule has 1 saturated heterocycles. The number of benzene rings is 1. The predicted octanol–water partition coefficient (Wildman–Crippen LogP) is 2.83. The van der Waals surface area contributed by atoms with Crippen LogP contribution in [0.2, 0.25) is 5.02 Å². The number of aromatic nitrogens is 2. The second-order valence-electron chi connectivity index (χ2n) is 7.25. The maximum absolute atomic E-state index is 12.6. The van der Waals surface area contributed by atoms with Gasteiger partial charge in [-0.25, -0.2) is 4.98 Å². The third-order valence-electron chi connectivity index (χ3n) is 5.19. The van der Waals surface area contributed by atoms with Crippen LogP contribution in [0.4, 0.5) is 5.69 Å². The fourth-order valence-electron chi connectivity index (χ4n) is 3.59. The molecule has 3 heterocycles. The van der Waals surface area contributed by atoms with Gasteiger partial charge in [-0.1, -0.05) is 11.6 Å². The summed E-state index contributed by atoms with van der Waals surface area (Å²) in [7, 11) is 2.95. The minimum atomic E-state index is -0.665. The van der Waals surface area contributed by atoms with Crippen LogP contribution < -0.4 is 19.9 Å². The summed E-state index contributed by atoms with van der Waals surface area (Å²) in [5, 5.41) is 2.15. The number of ether oxygens (including phenoxy) is 3. The van der Waals surface area contributed by atoms with Crippen molar-refractivity contribution in [2.24, 2.45) is 5.92 Å². The van der Waals surface area contributed by atoms with Crippen LogP contribution in [-0.4, -0.2) is 42.0 Å². The van der Waals surface area contributed by atoms with Crippen molar-refractivity contribution in [2.45, 2.75) is 20.0 Å². The fourth-order valence-corrected chi connectivity index (χ4v) is 4.72. The van der Waals surface area contributed by atoms with Crippen LogP contribution in [0.3, 0.4) is 0 Å². The first-order valence-electron chi connectivity index (χ1n) is 9.67. The Labute approximate surface area is 192 Å². The van der Waals surface area contributed by atoms with Crippen molar-refractivity contribution in [3.05, 3.63) is 50.3 Å². The number of aryl methyl sites for hydroxylation is 1. The molecule has 1 amide bonds. The number of hydrogen-bond acceptors (Lipinski definition) is 8. The van der Waals surface area contributed by atoms with Crippen LogP contribution in [0.25, 0.3) is 4.96 Å². The van der Waals surface area contributed by atoms with Crippen LogP contribution in [0, 0.1) is 12.8 Å². The number of fused-ring (bicyclic) bond motifs is 1. The zero-order valence-electron chi connectivity index (χ0n) is 17.6. The highest BCUT2D eigenvalue weighted by molar-refractivity contribution is 7.15. The van der Waals surface area contributed by atoms with Crippen molar-refractivity contribution < 1.29 is 23.8 Å². The Bertz CT molecular complexity index is 1270. The molecule has 0 N–H and O–H groups in total. The van der Waals surface area contributed by atoms with Crippen molar-refractivity contribution in [1.29, 1.82) is 0 Å². The number of thiazole rings is 1. The molecule has 0 spiro atoms. The van der Waals surface area contributed by atoms with Crippen molar-refractivity contribution in [2.75, 3.05) is 25.7 Å². The van der Waals surface area contributed by atoms with E-state index in [0.29, 0.717) is 32.9 Å². The Hall–Kier alpha value is -3.11. The number of nitrogens with zero attached hydrogens (tertiary/aromatic N) is 3. The van der Waals surface area contributed by atoms with Gasteiger partial charge in [0.15, 0.2) is 4.96 Å². The first-order chi connectivity index (χ1) is 15.3. The standard InChI is InChI=1S/C21H20ClN3O6S/c1-11-10-32-21-23-13(5-19(27)25(11)21)9-31-20(28)12-4-18(26)24(8-12)15-6-14(22)16(29-2)7-17(15)30-3/h5-7,10,12H,4,8-9H2,1-3H3/t12-/m1/s1. The second kappa shape index (κ2) is 8.79. The minimum Gasteiger partial charge on any atom is -0.495 e. The molecule has 1 atom stereocenters. The third-order valence-corrected chi connectivity index (χ3v) is 6.43. The summed E-state index contributed by atoms with van der Waals surface area (Å²) in [4.78, 5) is 43.9. The average molecular weight is 478 g/mol. The number of rotatable bonds is 6. The number of esters is 1. The Balaban J connectivity index is 1.47. The lowest BCUT2D eigenvalue weighted by Crippen LogP contribution is -2.27. The molecule has 2 aromatic heterocycles. The first-order valence-corrected chi connectivity index (χ1v) is 10.9. The van der Waals surface area contributed by atoms with E-state index >= 15 is 0 Å². The zero-order chi connectivity index (χ0) is 23.0. The number of anilines is 1. The van der Waals surface area contributed by atoms with Crippen molar-refractivity contribution in [3.63, 3.8) is 0 Å². The molecule has 9 nitrogen and oxygen atoms in total. The molecule has 1 aromatic carbocycles. The van der Waals surface area contributed by atoms with E-state index in [2.05, 4.69) is 4.98 Å². The van der Waals surface area contributed by atoms with E-state index < -0.39 is 11.9 Å². The van der Waals surface area contributed by atoms with Crippen LogP contribution in [0.15, 0.2) is 28.4 Å². The largest absolute Gasteiger partial charge is 0.495 e. The Kier molecular flexibility index (Phi) is 6.07. The molecule has 0 aliphatic carbocycles. The summed E-state index contributed by atoms with van der Waals surface area (Å²) in [6.45, 7) is 1.79. The van der Waals surface area contributed by atoms with E-state index in [9.17, 15) is 14.4 Å². The van der Waals surface area contributed by atoms with Gasteiger partial charge >= 0.3 is 5.97 Å². The highest BCUT2D eigenvalue weighted by Crippen LogP contribution is 2.40. The van der Waals surface area contributed by atoms with Crippen molar-refractivity contribution in [1.82, 2.24) is 9.38 Å². The molecule has 4 rings (SSSR count). The molecule has 0 unspecified atom stereocenters. The monoisotopic (exact) mass is 477 g/mol. The highest BCUT2D eigenvalue weighted by atomic mass is 35.5. The van der Waals surface area contributed by atoms with Gasteiger partial charge in [-0.05, 0) is 13.0 Å². The van der Waals surface area contributed by atoms with Gasteiger partial charge in [0.1, 0.15) is 18.1 Å². The van der Waals surface area contributed by atoms with Crippen molar-refractivity contribution >= 4 is 45.5 Å². The molecule has 0 bridgehead atoms. The minimum absolute atomic E-state index is 0.00905. The number of halogens is 1. The van der Waals surface area contributed by atoms with Gasteiger partial charge in [0.05, 0.1) is 36.5 Å². The smallest absolute Gasteiger partial charge is 0.311 e. The summed E-state index contributed by atoms with van der Waals surface area (Å²) >= 11 is 7.55. The summed E-state index contributed by atoms with van der Waals surface area (Å²) in [6.07, 6.45) is -0.00905. The van der Waals surface area contributed by atoms with E-state index in [1.807, 2.05) is 12.3 Å². The zero-order valence-corrected chi connectivity index (χ0v) is 19.2. The lowest BCUT2D eigenvalue weighted by atomic mass is 10.1. The quantitative estimate of drug-likeness (QED) is 0.503. The van der Waals surface area contributed by atoms with Gasteiger partial charge in [0.25, 0.3) is 5.56 Å². The predicted molar refractivity (Wildman–Crippen MR) is 119 cm³/mol. The topological polar surface area (TPSA) is 99.4 Å². The number of amides is 1. The highest BCUT2D eigenvalue weighted by Gasteiger charge is 2.37. The van der Waals surface area contributed by atoms with E-state index in [1.54, 1.807) is 12.1 Å². The molecular formula is C21H20ClN3O6S. The second-order valence-corrected chi connectivity index (χ2v) is 8.50. The van der Waals surface area contributed by atoms with Crippen LogP contribution in [-0.2, 0) is 20.9 Å². The Morgan fingerprint density at radius 3 is 2.69 bits per heavy atom. The van der Waals surface area contributed by atoms with Gasteiger partial charge < -0.3 is 19.1 Å². The normalized spacial score (nSPS) is 15.9. The molecule has 1 aliphatic rings. The number of carbonyl (C=O) groups excluding carboxylic acids is 2. The van der Waals surface area contributed by atoms with Gasteiger partial charge in [-0.2, -0.15) is 0 Å². The van der Waals surface area contributed by atoms with Gasteiger partial charge in [0.2, 0.25) is 5.91 Å². The number of carbonyl (C=O) groups is 2. The van der Waals surface area contributed by atoms with Crippen molar-refractivity contribution in [3.8, 4) is 11.5 Å². The van der Waals surface area contributed by atoms with Gasteiger partial charge in [0, 0.05) is 36.2 Å². The maximum atomic E-state index is 12.6. The average Bonchev–Trinajstić information content (AvgIpc) is 3.34. The van der Waals surface area contributed by atoms with Gasteiger partial charge in [-0.15, -0.1) is 11.3 Å². The molecule has 1 fully saturated rings. The molecular weight excluding hydrogens is 458 g/mol. The molecule has 32 heavy (non-hydrogen) atoms. The first kappa shape index (κ1) is 22.1. The number of methoxy groups -OCH3 is 2. The van der Waals surface area contributed by atoms with E-state index in [-0.39, 0.29) is 31.0 Å². The van der Waals surface area contributed by atoms with Gasteiger partial charge in [-0.3, -0.25) is 18.8 Å². The van der Waals surface area contributed by atoms with Crippen LogP contribution in [0.1, 0.15) is 17.8 Å². The molecule has 11 heteroatoms. The summed E-state index contributed by atoms with van der Waals surface area (Å²) < 4.78 is 17.4. The lowest BCUT2D eigenvalue weighted by Gasteiger charge is -2.20. The third kappa shape index (κ3) is 4.03. The van der Waals surface area contributed by atoms with E-state index in [0.717, 1.165) is 5.69 Å². The summed E-state index contributed by atoms with van der Waals surface area (Å²) in [6, 6.07) is 4.50. The van der Waals surface area contributed by atoms with E-state index in [4.69, 9.17) is 25.8 Å². The summed E-state index contributed by atoms with van der Waals surface area (Å²) in [5.74, 6) is -0.641. The molecule has 168 valence electrons. The molecule has 3 aromatic rings. The molecule has 1 aliphatic heterocycles.